The lowest BCUT2D eigenvalue weighted by Gasteiger charge is -2.32. The highest BCUT2D eigenvalue weighted by molar-refractivity contribution is 9.10. The number of carbonyl (C=O) groups is 2. The van der Waals surface area contributed by atoms with E-state index in [4.69, 9.17) is 4.74 Å². The highest BCUT2D eigenvalue weighted by Crippen LogP contribution is 2.29. The first kappa shape index (κ1) is 16.5. The summed E-state index contributed by atoms with van der Waals surface area (Å²) in [4.78, 5) is 32.6. The lowest BCUT2D eigenvalue weighted by atomic mass is 9.93. The third-order valence-corrected chi connectivity index (χ3v) is 3.17. The summed E-state index contributed by atoms with van der Waals surface area (Å²) in [6.07, 6.45) is 1.39. The van der Waals surface area contributed by atoms with Gasteiger partial charge in [-0.25, -0.2) is 9.59 Å². The van der Waals surface area contributed by atoms with Crippen molar-refractivity contribution in [3.8, 4) is 0 Å². The van der Waals surface area contributed by atoms with Crippen molar-refractivity contribution < 1.29 is 23.8 Å². The summed E-state index contributed by atoms with van der Waals surface area (Å²) in [6.45, 7) is 1.61. The van der Waals surface area contributed by atoms with E-state index in [1.54, 1.807) is 13.0 Å². The van der Waals surface area contributed by atoms with Crippen LogP contribution in [-0.4, -0.2) is 42.5 Å². The fraction of sp³-hybridized carbons (Fsp3) is 0.417. The minimum absolute atomic E-state index is 0.00630. The monoisotopic (exact) mass is 348 g/mol. The van der Waals surface area contributed by atoms with Gasteiger partial charge in [0.05, 0.1) is 12.3 Å². The predicted molar refractivity (Wildman–Crippen MR) is 71.1 cm³/mol. The zero-order chi connectivity index (χ0) is 15.3. The summed E-state index contributed by atoms with van der Waals surface area (Å²) in [5.41, 5.74) is -2.09. The molecule has 0 amide bonds. The van der Waals surface area contributed by atoms with Crippen LogP contribution in [0.1, 0.15) is 12.6 Å². The Morgan fingerprint density at radius 3 is 2.45 bits per heavy atom. The summed E-state index contributed by atoms with van der Waals surface area (Å²) in [5.74, 6) is -2.36. The van der Waals surface area contributed by atoms with Crippen molar-refractivity contribution in [3.63, 3.8) is 0 Å². The molecule has 0 radical (unpaired) electrons. The Labute approximate surface area is 123 Å². The van der Waals surface area contributed by atoms with Crippen molar-refractivity contribution in [2.24, 2.45) is 0 Å². The Morgan fingerprint density at radius 1 is 1.40 bits per heavy atom. The van der Waals surface area contributed by atoms with Gasteiger partial charge in [-0.2, -0.15) is 0 Å². The van der Waals surface area contributed by atoms with Crippen LogP contribution in [-0.2, 0) is 24.8 Å². The first-order chi connectivity index (χ1) is 9.41. The molecule has 0 fully saturated rings. The van der Waals surface area contributed by atoms with Crippen LogP contribution in [0.2, 0.25) is 0 Å². The van der Waals surface area contributed by atoms with E-state index in [1.165, 1.54) is 31.3 Å². The number of pyridine rings is 1. The number of likely N-dealkylation sites (N-methyl/N-ethyl adjacent to an activating group) is 1. The van der Waals surface area contributed by atoms with E-state index in [9.17, 15) is 14.1 Å². The van der Waals surface area contributed by atoms with E-state index >= 15 is 0 Å². The summed E-state index contributed by atoms with van der Waals surface area (Å²) in [5, 5.41) is 0. The Bertz CT molecular complexity index is 495. The molecule has 0 aromatic carbocycles. The Balaban J connectivity index is 3.48. The number of carbonyl (C=O) groups excluding carboxylic acids is 2. The number of rotatable bonds is 5. The van der Waals surface area contributed by atoms with Gasteiger partial charge in [0.15, 0.2) is 0 Å². The Kier molecular flexibility index (Phi) is 5.58. The van der Waals surface area contributed by atoms with Gasteiger partial charge in [-0.05, 0) is 49.1 Å². The number of aromatic nitrogens is 1. The highest BCUT2D eigenvalue weighted by atomic mass is 79.9. The van der Waals surface area contributed by atoms with E-state index in [0.717, 1.165) is 0 Å². The third-order valence-electron chi connectivity index (χ3n) is 2.71. The molecule has 0 aliphatic heterocycles. The van der Waals surface area contributed by atoms with Crippen LogP contribution in [0.25, 0.3) is 0 Å². The van der Waals surface area contributed by atoms with Crippen LogP contribution < -0.4 is 0 Å². The van der Waals surface area contributed by atoms with Crippen LogP contribution in [0, 0.1) is 0 Å². The second-order valence-corrected chi connectivity index (χ2v) is 4.97. The molecule has 1 aromatic heterocycles. The highest BCUT2D eigenvalue weighted by Gasteiger charge is 2.55. The van der Waals surface area contributed by atoms with Crippen molar-refractivity contribution in [2.45, 2.75) is 12.5 Å². The van der Waals surface area contributed by atoms with E-state index in [-0.39, 0.29) is 12.3 Å². The third kappa shape index (κ3) is 2.80. The van der Waals surface area contributed by atoms with Gasteiger partial charge in [-0.15, -0.1) is 0 Å². The van der Waals surface area contributed by atoms with Gasteiger partial charge in [0, 0.05) is 15.2 Å². The fourth-order valence-electron chi connectivity index (χ4n) is 1.77. The molecule has 0 aliphatic rings. The van der Waals surface area contributed by atoms with E-state index < -0.39 is 17.5 Å². The molecule has 0 N–H and O–H groups in total. The molecule has 1 heterocycles. The molecule has 0 aliphatic carbocycles. The molecule has 0 saturated carbocycles. The largest absolute Gasteiger partial charge is 0.464 e. The zero-order valence-corrected chi connectivity index (χ0v) is 12.8. The Hall–Kier alpha value is -1.54. The average Bonchev–Trinajstić information content (AvgIpc) is 2.41. The van der Waals surface area contributed by atoms with Crippen molar-refractivity contribution in [1.29, 1.82) is 0 Å². The zero-order valence-electron chi connectivity index (χ0n) is 11.2. The molecule has 8 heteroatoms. The standard InChI is InChI=1S/C12H14BrFN2O4/c1-4-19-10(17)12(16(2)3,11(18)20-14)9-6-5-8(13)7-15-9/h5-7H,4H2,1-3H3. The molecule has 0 spiro atoms. The topological polar surface area (TPSA) is 68.7 Å². The van der Waals surface area contributed by atoms with Crippen LogP contribution in [0.15, 0.2) is 22.8 Å². The summed E-state index contributed by atoms with van der Waals surface area (Å²) < 4.78 is 18.0. The number of nitrogens with zero attached hydrogens (tertiary/aromatic N) is 2. The molecule has 0 saturated heterocycles. The molecule has 110 valence electrons. The van der Waals surface area contributed by atoms with Crippen molar-refractivity contribution in [3.05, 3.63) is 28.5 Å². The predicted octanol–water partition coefficient (Wildman–Crippen LogP) is 1.59. The second-order valence-electron chi connectivity index (χ2n) is 4.05. The van der Waals surface area contributed by atoms with E-state index in [2.05, 4.69) is 25.9 Å². The number of hydrogen-bond acceptors (Lipinski definition) is 6. The quantitative estimate of drug-likeness (QED) is 0.594. The lowest BCUT2D eigenvalue weighted by Crippen LogP contribution is -2.56. The van der Waals surface area contributed by atoms with Gasteiger partial charge in [0.25, 0.3) is 5.54 Å². The maximum atomic E-state index is 12.5. The summed E-state index contributed by atoms with van der Waals surface area (Å²) >= 11 is 3.19. The second kappa shape index (κ2) is 6.76. The summed E-state index contributed by atoms with van der Waals surface area (Å²) in [6, 6.07) is 2.99. The van der Waals surface area contributed by atoms with Crippen LogP contribution in [0.5, 0.6) is 0 Å². The van der Waals surface area contributed by atoms with Gasteiger partial charge < -0.3 is 4.74 Å². The van der Waals surface area contributed by atoms with Gasteiger partial charge >= 0.3 is 11.9 Å². The SMILES string of the molecule is CCOC(=O)C(C(=O)OF)(c1ccc(Br)cn1)N(C)C. The van der Waals surface area contributed by atoms with Gasteiger partial charge in [-0.3, -0.25) is 14.8 Å². The summed E-state index contributed by atoms with van der Waals surface area (Å²) in [7, 11) is 2.86. The van der Waals surface area contributed by atoms with Crippen LogP contribution >= 0.6 is 15.9 Å². The number of ether oxygens (including phenoxy) is 1. The van der Waals surface area contributed by atoms with Crippen molar-refractivity contribution >= 4 is 27.9 Å². The van der Waals surface area contributed by atoms with E-state index in [1.807, 2.05) is 0 Å². The van der Waals surface area contributed by atoms with Crippen molar-refractivity contribution in [1.82, 2.24) is 9.88 Å². The number of hydrogen-bond donors (Lipinski definition) is 0. The molecule has 1 rings (SSSR count). The maximum absolute atomic E-state index is 12.5. The van der Waals surface area contributed by atoms with Crippen molar-refractivity contribution in [2.75, 3.05) is 20.7 Å². The fourth-order valence-corrected chi connectivity index (χ4v) is 2.00. The molecular formula is C12H14BrFN2O4. The molecular weight excluding hydrogens is 335 g/mol. The Morgan fingerprint density at radius 2 is 2.05 bits per heavy atom. The first-order valence-electron chi connectivity index (χ1n) is 5.70. The number of halogens is 2. The smallest absolute Gasteiger partial charge is 0.386 e. The maximum Gasteiger partial charge on any atom is 0.386 e. The lowest BCUT2D eigenvalue weighted by molar-refractivity contribution is -0.204. The van der Waals surface area contributed by atoms with E-state index in [0.29, 0.717) is 4.47 Å². The van der Waals surface area contributed by atoms with Crippen LogP contribution in [0.4, 0.5) is 4.53 Å². The average molecular weight is 349 g/mol. The van der Waals surface area contributed by atoms with Gasteiger partial charge in [0.1, 0.15) is 0 Å². The number of esters is 1. The molecule has 1 unspecified atom stereocenters. The normalized spacial score (nSPS) is 13.7. The molecule has 1 atom stereocenters. The first-order valence-corrected chi connectivity index (χ1v) is 6.50. The van der Waals surface area contributed by atoms with Crippen LogP contribution in [0.3, 0.4) is 0 Å². The molecule has 1 aromatic rings. The molecule has 6 nitrogen and oxygen atoms in total. The van der Waals surface area contributed by atoms with Gasteiger partial charge in [-0.1, -0.05) is 0 Å². The minimum Gasteiger partial charge on any atom is -0.464 e. The molecule has 20 heavy (non-hydrogen) atoms. The minimum atomic E-state index is -2.09. The van der Waals surface area contributed by atoms with Gasteiger partial charge in [0.2, 0.25) is 0 Å². The molecule has 0 bridgehead atoms.